The zero-order valence-corrected chi connectivity index (χ0v) is 13.5. The number of nitrogens with two attached hydrogens (primary N) is 1. The van der Waals surface area contributed by atoms with E-state index < -0.39 is 0 Å². The van der Waals surface area contributed by atoms with E-state index in [4.69, 9.17) is 22.1 Å². The summed E-state index contributed by atoms with van der Waals surface area (Å²) < 4.78 is 6.00. The molecule has 0 aliphatic heterocycles. The molecule has 2 N–H and O–H groups in total. The van der Waals surface area contributed by atoms with E-state index in [-0.39, 0.29) is 11.4 Å². The Balaban J connectivity index is 1.84. The molecule has 1 atom stereocenters. The Morgan fingerprint density at radius 2 is 1.87 bits per heavy atom. The van der Waals surface area contributed by atoms with Gasteiger partial charge in [-0.3, -0.25) is 0 Å². The summed E-state index contributed by atoms with van der Waals surface area (Å²) in [6.07, 6.45) is 13.4. The minimum atomic E-state index is -0.0904. The van der Waals surface area contributed by atoms with Crippen LogP contribution in [0.2, 0.25) is 5.28 Å². The molecule has 0 fully saturated rings. The molecule has 2 aromatic heterocycles. The highest BCUT2D eigenvalue weighted by molar-refractivity contribution is 6.28. The van der Waals surface area contributed by atoms with Crippen molar-refractivity contribution in [2.24, 2.45) is 0 Å². The van der Waals surface area contributed by atoms with Crippen LogP contribution in [0, 0.1) is 0 Å². The molecule has 2 aromatic rings. The molecule has 5 nitrogen and oxygen atoms in total. The quantitative estimate of drug-likeness (QED) is 0.864. The average molecular weight is 329 g/mol. The minimum absolute atomic E-state index is 0.0904. The van der Waals surface area contributed by atoms with Crippen molar-refractivity contribution in [1.29, 1.82) is 0 Å². The van der Waals surface area contributed by atoms with Gasteiger partial charge in [-0.2, -0.15) is 0 Å². The molecule has 23 heavy (non-hydrogen) atoms. The predicted molar refractivity (Wildman–Crippen MR) is 91.2 cm³/mol. The topological polar surface area (TPSA) is 73.9 Å². The molecule has 0 radical (unpaired) electrons. The van der Waals surface area contributed by atoms with E-state index in [0.29, 0.717) is 11.6 Å². The first-order valence-electron chi connectivity index (χ1n) is 7.40. The Morgan fingerprint density at radius 3 is 2.57 bits per heavy atom. The van der Waals surface area contributed by atoms with Crippen molar-refractivity contribution in [2.45, 2.75) is 25.9 Å². The fraction of sp³-hybridized carbons (Fsp3) is 0.235. The number of anilines is 1. The monoisotopic (exact) mass is 328 g/mol. The summed E-state index contributed by atoms with van der Waals surface area (Å²) in [5.41, 5.74) is 8.72. The van der Waals surface area contributed by atoms with Crippen LogP contribution in [0.4, 0.5) is 5.82 Å². The van der Waals surface area contributed by atoms with Crippen molar-refractivity contribution in [3.63, 3.8) is 0 Å². The summed E-state index contributed by atoms with van der Waals surface area (Å²) in [6, 6.07) is 1.85. The van der Waals surface area contributed by atoms with Crippen molar-refractivity contribution in [1.82, 2.24) is 15.0 Å². The van der Waals surface area contributed by atoms with Crippen molar-refractivity contribution >= 4 is 17.4 Å². The predicted octanol–water partition coefficient (Wildman–Crippen LogP) is 3.82. The number of hydrogen-bond donors (Lipinski definition) is 1. The molecule has 0 saturated carbocycles. The normalized spacial score (nSPS) is 15.1. The fourth-order valence-corrected chi connectivity index (χ4v) is 2.46. The number of nitrogen functional groups attached to an aromatic ring is 1. The number of ether oxygens (including phenoxy) is 1. The van der Waals surface area contributed by atoms with Crippen LogP contribution in [0.3, 0.4) is 0 Å². The summed E-state index contributed by atoms with van der Waals surface area (Å²) in [4.78, 5) is 12.2. The lowest BCUT2D eigenvalue weighted by Crippen LogP contribution is -2.16. The van der Waals surface area contributed by atoms with Gasteiger partial charge < -0.3 is 10.5 Å². The average Bonchev–Trinajstić information content (AvgIpc) is 2.58. The Labute approximate surface area is 139 Å². The van der Waals surface area contributed by atoms with Crippen LogP contribution in [0.5, 0.6) is 5.75 Å². The maximum absolute atomic E-state index is 6.00. The maximum atomic E-state index is 6.00. The summed E-state index contributed by atoms with van der Waals surface area (Å²) in [5, 5.41) is 0.207. The maximum Gasteiger partial charge on any atom is 0.222 e. The van der Waals surface area contributed by atoms with Gasteiger partial charge in [0, 0.05) is 29.7 Å². The highest BCUT2D eigenvalue weighted by atomic mass is 35.5. The van der Waals surface area contributed by atoms with Crippen molar-refractivity contribution in [3.8, 4) is 16.9 Å². The van der Waals surface area contributed by atoms with Gasteiger partial charge in [0.2, 0.25) is 5.28 Å². The molecule has 1 aliphatic rings. The molecule has 6 heteroatoms. The lowest BCUT2D eigenvalue weighted by atomic mass is 10.0. The molecule has 1 unspecified atom stereocenters. The van der Waals surface area contributed by atoms with Gasteiger partial charge in [-0.25, -0.2) is 15.0 Å². The zero-order valence-electron chi connectivity index (χ0n) is 12.7. The number of aromatic nitrogens is 3. The molecule has 0 spiro atoms. The highest BCUT2D eigenvalue weighted by Gasteiger charge is 2.13. The lowest BCUT2D eigenvalue weighted by molar-refractivity contribution is 0.261. The summed E-state index contributed by atoms with van der Waals surface area (Å²) in [5.74, 6) is 0.903. The third-order valence-corrected chi connectivity index (χ3v) is 3.83. The van der Waals surface area contributed by atoms with Crippen molar-refractivity contribution < 1.29 is 4.74 Å². The number of halogens is 1. The van der Waals surface area contributed by atoms with E-state index in [1.165, 1.54) is 0 Å². The number of pyridine rings is 1. The van der Waals surface area contributed by atoms with Gasteiger partial charge >= 0.3 is 0 Å². The molecule has 118 valence electrons. The molecule has 0 aromatic carbocycles. The lowest BCUT2D eigenvalue weighted by Gasteiger charge is -2.19. The van der Waals surface area contributed by atoms with Crippen LogP contribution in [-0.4, -0.2) is 21.1 Å². The minimum Gasteiger partial charge on any atom is -0.482 e. The SMILES string of the molecule is CC(Oc1cc(-c2cnc(Cl)nc2)cnc1N)C1=CCCC=C1. The smallest absolute Gasteiger partial charge is 0.222 e. The molecule has 2 heterocycles. The van der Waals surface area contributed by atoms with Gasteiger partial charge in [0.1, 0.15) is 6.10 Å². The third-order valence-electron chi connectivity index (χ3n) is 3.63. The molecule has 0 amide bonds. The molecule has 0 saturated heterocycles. The van der Waals surface area contributed by atoms with E-state index in [9.17, 15) is 0 Å². The van der Waals surface area contributed by atoms with Crippen molar-refractivity contribution in [3.05, 3.63) is 53.7 Å². The van der Waals surface area contributed by atoms with E-state index in [0.717, 1.165) is 29.5 Å². The number of allylic oxidation sites excluding steroid dienone is 2. The Bertz CT molecular complexity index is 756. The largest absolute Gasteiger partial charge is 0.482 e. The Morgan fingerprint density at radius 1 is 1.13 bits per heavy atom. The van der Waals surface area contributed by atoms with E-state index in [1.807, 2.05) is 13.0 Å². The Hall–Kier alpha value is -2.40. The highest BCUT2D eigenvalue weighted by Crippen LogP contribution is 2.29. The van der Waals surface area contributed by atoms with Crippen LogP contribution < -0.4 is 10.5 Å². The van der Waals surface area contributed by atoms with Crippen LogP contribution in [0.1, 0.15) is 19.8 Å². The van der Waals surface area contributed by atoms with Crippen LogP contribution >= 0.6 is 11.6 Å². The third kappa shape index (κ3) is 3.68. The molecule has 1 aliphatic carbocycles. The summed E-state index contributed by atoms with van der Waals surface area (Å²) >= 11 is 5.72. The number of hydrogen-bond acceptors (Lipinski definition) is 5. The molecular formula is C17H17ClN4O. The summed E-state index contributed by atoms with van der Waals surface area (Å²) in [7, 11) is 0. The van der Waals surface area contributed by atoms with Crippen LogP contribution in [-0.2, 0) is 0 Å². The molecule has 3 rings (SSSR count). The first-order chi connectivity index (χ1) is 11.1. The molecular weight excluding hydrogens is 312 g/mol. The van der Waals surface area contributed by atoms with E-state index >= 15 is 0 Å². The Kier molecular flexibility index (Phi) is 4.57. The first-order valence-corrected chi connectivity index (χ1v) is 7.78. The van der Waals surface area contributed by atoms with Gasteiger partial charge in [0.05, 0.1) is 0 Å². The number of rotatable bonds is 4. The zero-order chi connectivity index (χ0) is 16.2. The standard InChI is InChI=1S/C17H17ClN4O/c1-11(12-5-3-2-4-6-12)23-15-7-13(8-20-16(15)19)14-9-21-17(18)22-10-14/h3,5-11H,2,4H2,1H3,(H2,19,20). The second-order valence-electron chi connectivity index (χ2n) is 5.29. The van der Waals surface area contributed by atoms with E-state index in [2.05, 4.69) is 33.2 Å². The fourth-order valence-electron chi connectivity index (χ4n) is 2.36. The van der Waals surface area contributed by atoms with E-state index in [1.54, 1.807) is 18.6 Å². The molecule has 0 bridgehead atoms. The second-order valence-corrected chi connectivity index (χ2v) is 5.63. The second kappa shape index (κ2) is 6.79. The van der Waals surface area contributed by atoms with Crippen LogP contribution in [0.25, 0.3) is 11.1 Å². The van der Waals surface area contributed by atoms with Gasteiger partial charge in [-0.05, 0) is 43.0 Å². The summed E-state index contributed by atoms with van der Waals surface area (Å²) in [6.45, 7) is 2.00. The van der Waals surface area contributed by atoms with Gasteiger partial charge in [0.25, 0.3) is 0 Å². The van der Waals surface area contributed by atoms with Gasteiger partial charge in [-0.1, -0.05) is 18.2 Å². The number of nitrogens with zero attached hydrogens (tertiary/aromatic N) is 3. The van der Waals surface area contributed by atoms with Crippen LogP contribution in [0.15, 0.2) is 48.5 Å². The van der Waals surface area contributed by atoms with Gasteiger partial charge in [-0.15, -0.1) is 0 Å². The first kappa shape index (κ1) is 15.5. The van der Waals surface area contributed by atoms with Gasteiger partial charge in [0.15, 0.2) is 11.6 Å². The van der Waals surface area contributed by atoms with Crippen molar-refractivity contribution in [2.75, 3.05) is 5.73 Å².